The van der Waals surface area contributed by atoms with E-state index in [1.54, 1.807) is 0 Å². The molecule has 0 spiro atoms. The summed E-state index contributed by atoms with van der Waals surface area (Å²) < 4.78 is 0. The molecule has 0 unspecified atom stereocenters. The zero-order chi connectivity index (χ0) is 20.8. The van der Waals surface area contributed by atoms with Crippen LogP contribution in [-0.2, 0) is 4.79 Å². The van der Waals surface area contributed by atoms with Gasteiger partial charge in [0.15, 0.2) is 0 Å². The predicted molar refractivity (Wildman–Crippen MR) is 129 cm³/mol. The third-order valence-corrected chi connectivity index (χ3v) is 11.3. The molecule has 1 amide bonds. The monoisotopic (exact) mass is 431 g/mol. The van der Waals surface area contributed by atoms with Crippen LogP contribution in [0.25, 0.3) is 0 Å². The van der Waals surface area contributed by atoms with E-state index in [0.29, 0.717) is 11.9 Å². The molecule has 4 bridgehead atoms. The number of benzene rings is 2. The Balaban J connectivity index is 1.26. The second kappa shape index (κ2) is 8.04. The summed E-state index contributed by atoms with van der Waals surface area (Å²) in [5.74, 6) is 3.05. The minimum Gasteiger partial charge on any atom is -0.339 e. The van der Waals surface area contributed by atoms with Gasteiger partial charge in [0.1, 0.15) is 0 Å². The number of amides is 1. The van der Waals surface area contributed by atoms with E-state index in [1.807, 2.05) is 0 Å². The summed E-state index contributed by atoms with van der Waals surface area (Å²) in [5.41, 5.74) is -0.000407. The van der Waals surface area contributed by atoms with Crippen LogP contribution in [0.15, 0.2) is 60.7 Å². The number of hydrogen-bond acceptors (Lipinski definition) is 1. The third kappa shape index (κ3) is 3.66. The third-order valence-electron chi connectivity index (χ3n) is 8.66. The Morgan fingerprint density at radius 3 is 1.87 bits per heavy atom. The van der Waals surface area contributed by atoms with Gasteiger partial charge in [-0.1, -0.05) is 60.7 Å². The molecule has 3 heteroatoms. The molecule has 7 rings (SSSR count). The lowest BCUT2D eigenvalue weighted by molar-refractivity contribution is -0.158. The van der Waals surface area contributed by atoms with Gasteiger partial charge in [-0.3, -0.25) is 4.79 Å². The fourth-order valence-electron chi connectivity index (χ4n) is 7.76. The van der Waals surface area contributed by atoms with Crippen molar-refractivity contribution in [3.05, 3.63) is 60.7 Å². The van der Waals surface area contributed by atoms with Crippen molar-refractivity contribution in [1.82, 2.24) is 4.90 Å². The van der Waals surface area contributed by atoms with Crippen LogP contribution in [-0.4, -0.2) is 29.6 Å². The molecule has 5 fully saturated rings. The molecule has 1 saturated heterocycles. The number of likely N-dealkylation sites (tertiary alicyclic amines) is 1. The van der Waals surface area contributed by atoms with Crippen LogP contribution in [0.5, 0.6) is 0 Å². The van der Waals surface area contributed by atoms with Gasteiger partial charge < -0.3 is 4.90 Å². The fourth-order valence-corrected chi connectivity index (χ4v) is 10.3. The maximum absolute atomic E-state index is 14.1. The van der Waals surface area contributed by atoms with E-state index < -0.39 is 7.92 Å². The largest absolute Gasteiger partial charge is 0.339 e. The minimum atomic E-state index is -0.440. The number of hydrogen-bond donors (Lipinski definition) is 0. The Morgan fingerprint density at radius 1 is 0.839 bits per heavy atom. The van der Waals surface area contributed by atoms with Gasteiger partial charge in [-0.15, -0.1) is 0 Å². The van der Waals surface area contributed by atoms with E-state index in [4.69, 9.17) is 0 Å². The van der Waals surface area contributed by atoms with Crippen LogP contribution in [0.2, 0.25) is 0 Å². The molecule has 162 valence electrons. The zero-order valence-electron chi connectivity index (χ0n) is 18.5. The summed E-state index contributed by atoms with van der Waals surface area (Å²) >= 11 is 0. The molecule has 2 aromatic rings. The molecule has 31 heavy (non-hydrogen) atoms. The van der Waals surface area contributed by atoms with E-state index >= 15 is 0 Å². The van der Waals surface area contributed by atoms with Gasteiger partial charge in [0.2, 0.25) is 5.91 Å². The average molecular weight is 432 g/mol. The van der Waals surface area contributed by atoms with Crippen LogP contribution in [0, 0.1) is 23.2 Å². The van der Waals surface area contributed by atoms with E-state index in [2.05, 4.69) is 65.6 Å². The highest BCUT2D eigenvalue weighted by atomic mass is 31.1. The Hall–Kier alpha value is -1.66. The van der Waals surface area contributed by atoms with Crippen molar-refractivity contribution in [2.45, 2.75) is 57.4 Å². The van der Waals surface area contributed by atoms with Crippen LogP contribution in [0.4, 0.5) is 0 Å². The lowest BCUT2D eigenvalue weighted by atomic mass is 9.49. The Kier molecular flexibility index (Phi) is 5.18. The van der Waals surface area contributed by atoms with Crippen LogP contribution < -0.4 is 10.6 Å². The highest BCUT2D eigenvalue weighted by Gasteiger charge is 2.56. The van der Waals surface area contributed by atoms with Crippen molar-refractivity contribution in [3.8, 4) is 0 Å². The Bertz CT molecular complexity index is 852. The normalized spacial score (nSPS) is 33.9. The average Bonchev–Trinajstić information content (AvgIpc) is 3.25. The first kappa shape index (κ1) is 20.0. The first-order chi connectivity index (χ1) is 15.2. The molecule has 1 aliphatic heterocycles. The van der Waals surface area contributed by atoms with E-state index in [1.165, 1.54) is 62.0 Å². The SMILES string of the molecule is O=C(N1CCC[C@H]1CP(c1ccccc1)c1ccccc1)C12CC3CC(CC(C3)C1)C2. The summed E-state index contributed by atoms with van der Waals surface area (Å²) in [6.45, 7) is 0.984. The molecule has 1 atom stereocenters. The van der Waals surface area contributed by atoms with Crippen molar-refractivity contribution in [2.75, 3.05) is 12.7 Å². The fraction of sp³-hybridized carbons (Fsp3) is 0.536. The van der Waals surface area contributed by atoms with Gasteiger partial charge in [0, 0.05) is 12.6 Å². The second-order valence-electron chi connectivity index (χ2n) is 10.8. The van der Waals surface area contributed by atoms with Crippen LogP contribution in [0.1, 0.15) is 51.4 Å². The van der Waals surface area contributed by atoms with Crippen LogP contribution in [0.3, 0.4) is 0 Å². The van der Waals surface area contributed by atoms with E-state index in [0.717, 1.165) is 30.5 Å². The molecule has 2 aromatic carbocycles. The quantitative estimate of drug-likeness (QED) is 0.586. The highest BCUT2D eigenvalue weighted by Crippen LogP contribution is 2.61. The zero-order valence-corrected chi connectivity index (χ0v) is 19.4. The summed E-state index contributed by atoms with van der Waals surface area (Å²) in [6, 6.07) is 22.5. The number of rotatable bonds is 5. The van der Waals surface area contributed by atoms with Gasteiger partial charge in [-0.2, -0.15) is 0 Å². The number of carbonyl (C=O) groups is 1. The van der Waals surface area contributed by atoms with Gasteiger partial charge >= 0.3 is 0 Å². The summed E-state index contributed by atoms with van der Waals surface area (Å²) in [4.78, 5) is 16.5. The van der Waals surface area contributed by atoms with Crippen molar-refractivity contribution in [1.29, 1.82) is 0 Å². The molecule has 1 heterocycles. The summed E-state index contributed by atoms with van der Waals surface area (Å²) in [6.07, 6.45) is 11.2. The molecule has 0 N–H and O–H groups in total. The Morgan fingerprint density at radius 2 is 1.35 bits per heavy atom. The number of nitrogens with zero attached hydrogens (tertiary/aromatic N) is 1. The maximum atomic E-state index is 14.1. The van der Waals surface area contributed by atoms with Gasteiger partial charge in [-0.05, 0) is 93.8 Å². The molecule has 4 saturated carbocycles. The predicted octanol–water partition coefficient (Wildman–Crippen LogP) is 5.33. The molecular weight excluding hydrogens is 397 g/mol. The topological polar surface area (TPSA) is 20.3 Å². The highest BCUT2D eigenvalue weighted by molar-refractivity contribution is 7.73. The summed E-state index contributed by atoms with van der Waals surface area (Å²) in [5, 5.41) is 2.88. The standard InChI is InChI=1S/C28H34NOP/c30-27(28-17-21-14-22(18-28)16-23(15-21)19-28)29-13-7-8-24(29)20-31(25-9-3-1-4-10-25)26-11-5-2-6-12-26/h1-6,9-12,21-24H,7-8,13-20H2/t21?,22?,23?,24-,28?/m0/s1. The van der Waals surface area contributed by atoms with Gasteiger partial charge in [0.05, 0.1) is 5.41 Å². The Labute approximate surface area is 188 Å². The van der Waals surface area contributed by atoms with Crippen molar-refractivity contribution in [3.63, 3.8) is 0 Å². The van der Waals surface area contributed by atoms with E-state index in [-0.39, 0.29) is 5.41 Å². The molecule has 5 aliphatic rings. The van der Waals surface area contributed by atoms with Crippen molar-refractivity contribution < 1.29 is 4.79 Å². The lowest BCUT2D eigenvalue weighted by Gasteiger charge is -2.56. The maximum Gasteiger partial charge on any atom is 0.229 e. The van der Waals surface area contributed by atoms with E-state index in [9.17, 15) is 4.79 Å². The van der Waals surface area contributed by atoms with Crippen molar-refractivity contribution >= 4 is 24.4 Å². The van der Waals surface area contributed by atoms with Crippen LogP contribution >= 0.6 is 7.92 Å². The smallest absolute Gasteiger partial charge is 0.229 e. The second-order valence-corrected chi connectivity index (χ2v) is 13.0. The van der Waals surface area contributed by atoms with Crippen molar-refractivity contribution in [2.24, 2.45) is 23.2 Å². The van der Waals surface area contributed by atoms with Gasteiger partial charge in [-0.25, -0.2) is 0 Å². The first-order valence-electron chi connectivity index (χ1n) is 12.4. The molecule has 0 radical (unpaired) electrons. The van der Waals surface area contributed by atoms with Gasteiger partial charge in [0.25, 0.3) is 0 Å². The molecule has 4 aliphatic carbocycles. The molecule has 0 aromatic heterocycles. The first-order valence-corrected chi connectivity index (χ1v) is 13.9. The molecule has 2 nitrogen and oxygen atoms in total. The minimum absolute atomic E-state index is 0.000407. The number of carbonyl (C=O) groups excluding carboxylic acids is 1. The lowest BCUT2D eigenvalue weighted by Crippen LogP contribution is -2.55. The summed E-state index contributed by atoms with van der Waals surface area (Å²) in [7, 11) is -0.440. The molecular formula is C28H34NOP.